The third-order valence-electron chi connectivity index (χ3n) is 6.62. The molecule has 0 aromatic carbocycles. The van der Waals surface area contributed by atoms with Crippen LogP contribution in [0.2, 0.25) is 0 Å². The molecular weight excluding hydrogens is 506 g/mol. The minimum absolute atomic E-state index is 0.0520. The zero-order valence-electron chi connectivity index (χ0n) is 20.6. The fraction of sp³-hybridized carbons (Fsp3) is 0.480. The molecule has 202 valence electrons. The van der Waals surface area contributed by atoms with Crippen LogP contribution in [0.1, 0.15) is 34.1 Å². The van der Waals surface area contributed by atoms with Crippen LogP contribution in [0.25, 0.3) is 5.52 Å². The van der Waals surface area contributed by atoms with E-state index in [4.69, 9.17) is 4.74 Å². The summed E-state index contributed by atoms with van der Waals surface area (Å²) in [6.45, 7) is 1.95. The summed E-state index contributed by atoms with van der Waals surface area (Å²) in [7, 11) is 1.84. The monoisotopic (exact) mass is 533 g/mol. The number of halogens is 4. The molecule has 38 heavy (non-hydrogen) atoms. The lowest BCUT2D eigenvalue weighted by atomic mass is 10.0. The van der Waals surface area contributed by atoms with Gasteiger partial charge in [-0.05, 0) is 31.5 Å². The minimum Gasteiger partial charge on any atom is -0.377 e. The maximum atomic E-state index is 14.6. The van der Waals surface area contributed by atoms with Crippen molar-refractivity contribution in [2.24, 2.45) is 0 Å². The third kappa shape index (κ3) is 5.76. The van der Waals surface area contributed by atoms with Crippen molar-refractivity contribution in [3.8, 4) is 11.8 Å². The number of alkyl halides is 4. The second kappa shape index (κ2) is 10.6. The number of hydrogen-bond acceptors (Lipinski definition) is 6. The number of ether oxygens (including phenoxy) is 1. The van der Waals surface area contributed by atoms with E-state index in [-0.39, 0.29) is 35.9 Å². The highest BCUT2D eigenvalue weighted by molar-refractivity contribution is 5.93. The highest BCUT2D eigenvalue weighted by Crippen LogP contribution is 2.28. The normalized spacial score (nSPS) is 20.6. The topological polar surface area (TPSA) is 88.7 Å². The van der Waals surface area contributed by atoms with E-state index in [0.29, 0.717) is 37.6 Å². The summed E-state index contributed by atoms with van der Waals surface area (Å²) >= 11 is 0. The molecule has 3 aromatic rings. The number of carbonyl (C=O) groups is 1. The Morgan fingerprint density at radius 1 is 1.29 bits per heavy atom. The van der Waals surface area contributed by atoms with Crippen LogP contribution in [0.3, 0.4) is 0 Å². The molecule has 0 bridgehead atoms. The number of pyridine rings is 1. The Morgan fingerprint density at radius 3 is 2.82 bits per heavy atom. The molecule has 0 aliphatic carbocycles. The van der Waals surface area contributed by atoms with Gasteiger partial charge in [0.05, 0.1) is 55.5 Å². The molecular formula is C25H27F4N7O2. The zero-order valence-corrected chi connectivity index (χ0v) is 20.6. The van der Waals surface area contributed by atoms with Gasteiger partial charge in [-0.3, -0.25) is 9.48 Å². The Bertz CT molecular complexity index is 1370. The minimum atomic E-state index is -4.48. The molecule has 2 atom stereocenters. The Hall–Kier alpha value is -3.63. The highest BCUT2D eigenvalue weighted by atomic mass is 19.4. The molecule has 0 radical (unpaired) electrons. The summed E-state index contributed by atoms with van der Waals surface area (Å²) in [5, 5.41) is 14.2. The molecule has 2 aliphatic rings. The van der Waals surface area contributed by atoms with E-state index in [1.54, 1.807) is 23.0 Å². The van der Waals surface area contributed by atoms with E-state index < -0.39 is 30.7 Å². The summed E-state index contributed by atoms with van der Waals surface area (Å²) in [5.74, 6) is 5.36. The van der Waals surface area contributed by atoms with E-state index in [1.807, 2.05) is 11.9 Å². The lowest BCUT2D eigenvalue weighted by Gasteiger charge is -2.33. The number of likely N-dealkylation sites (tertiary alicyclic amines) is 1. The number of hydrogen-bond donors (Lipinski definition) is 2. The number of piperidine rings is 1. The molecule has 1 amide bonds. The van der Waals surface area contributed by atoms with Gasteiger partial charge < -0.3 is 20.3 Å². The van der Waals surface area contributed by atoms with Crippen molar-refractivity contribution >= 4 is 17.2 Å². The van der Waals surface area contributed by atoms with Gasteiger partial charge in [0, 0.05) is 24.8 Å². The van der Waals surface area contributed by atoms with Gasteiger partial charge in [0.15, 0.2) is 0 Å². The van der Waals surface area contributed by atoms with Gasteiger partial charge in [0.1, 0.15) is 17.7 Å². The summed E-state index contributed by atoms with van der Waals surface area (Å²) in [6, 6.07) is 4.40. The first-order valence-electron chi connectivity index (χ1n) is 12.2. The van der Waals surface area contributed by atoms with Gasteiger partial charge in [-0.2, -0.15) is 23.4 Å². The largest absolute Gasteiger partial charge is 0.393 e. The van der Waals surface area contributed by atoms with Crippen molar-refractivity contribution in [1.29, 1.82) is 0 Å². The summed E-state index contributed by atoms with van der Waals surface area (Å²) in [4.78, 5) is 14.3. The van der Waals surface area contributed by atoms with Gasteiger partial charge in [-0.25, -0.2) is 8.91 Å². The van der Waals surface area contributed by atoms with Crippen molar-refractivity contribution < 1.29 is 27.1 Å². The van der Waals surface area contributed by atoms with Gasteiger partial charge in [-0.1, -0.05) is 12.0 Å². The molecule has 9 nitrogen and oxygen atoms in total. The van der Waals surface area contributed by atoms with Crippen molar-refractivity contribution in [2.45, 2.75) is 37.3 Å². The van der Waals surface area contributed by atoms with Crippen LogP contribution in [0, 0.1) is 11.8 Å². The number of carbonyl (C=O) groups excluding carboxylic acids is 1. The van der Waals surface area contributed by atoms with Crippen molar-refractivity contribution in [1.82, 2.24) is 29.6 Å². The second-order valence-corrected chi connectivity index (χ2v) is 9.53. The number of nitrogens with zero attached hydrogens (tertiary/aromatic N) is 5. The Labute approximate surface area is 216 Å². The van der Waals surface area contributed by atoms with Gasteiger partial charge in [0.25, 0.3) is 5.91 Å². The quantitative estimate of drug-likeness (QED) is 0.374. The summed E-state index contributed by atoms with van der Waals surface area (Å²) in [5.41, 5.74) is 0.448. The molecule has 3 aromatic heterocycles. The lowest BCUT2D eigenvalue weighted by molar-refractivity contribution is -0.127. The third-order valence-corrected chi connectivity index (χ3v) is 6.62. The van der Waals surface area contributed by atoms with Crippen LogP contribution >= 0.6 is 0 Å². The van der Waals surface area contributed by atoms with Gasteiger partial charge in [0.2, 0.25) is 0 Å². The first-order valence-corrected chi connectivity index (χ1v) is 12.2. The van der Waals surface area contributed by atoms with E-state index in [2.05, 4.69) is 32.7 Å². The van der Waals surface area contributed by atoms with Gasteiger partial charge in [-0.15, -0.1) is 0 Å². The molecule has 5 heterocycles. The lowest BCUT2D eigenvalue weighted by Crippen LogP contribution is -2.46. The number of fused-ring (bicyclic) bond motifs is 1. The van der Waals surface area contributed by atoms with Crippen LogP contribution in [-0.2, 0) is 11.2 Å². The number of nitrogens with one attached hydrogen (secondary N) is 2. The smallest absolute Gasteiger partial charge is 0.377 e. The predicted molar refractivity (Wildman–Crippen MR) is 131 cm³/mol. The Kier molecular flexibility index (Phi) is 7.27. The van der Waals surface area contributed by atoms with E-state index >= 15 is 0 Å². The molecule has 0 spiro atoms. The van der Waals surface area contributed by atoms with Crippen LogP contribution in [0.4, 0.5) is 23.4 Å². The number of amides is 1. The van der Waals surface area contributed by atoms with Crippen molar-refractivity contribution in [3.05, 3.63) is 47.4 Å². The number of anilines is 1. The van der Waals surface area contributed by atoms with Gasteiger partial charge >= 0.3 is 6.18 Å². The van der Waals surface area contributed by atoms with Crippen LogP contribution < -0.4 is 10.6 Å². The Morgan fingerprint density at radius 2 is 2.11 bits per heavy atom. The number of aromatic nitrogens is 4. The summed E-state index contributed by atoms with van der Waals surface area (Å²) in [6.07, 6.45) is -3.25. The zero-order chi connectivity index (χ0) is 26.9. The average Bonchev–Trinajstić information content (AvgIpc) is 3.42. The molecule has 13 heteroatoms. The molecule has 2 saturated heterocycles. The maximum Gasteiger partial charge on any atom is 0.393 e. The van der Waals surface area contributed by atoms with Crippen LogP contribution in [-0.4, -0.2) is 88.5 Å². The van der Waals surface area contributed by atoms with Crippen LogP contribution in [0.5, 0.6) is 0 Å². The Balaban J connectivity index is 1.34. The first-order chi connectivity index (χ1) is 18.2. The van der Waals surface area contributed by atoms with Crippen molar-refractivity contribution in [3.63, 3.8) is 0 Å². The SMILES string of the molecule is CN1CC[C@@H](Nc2cccc3c(CC(F)(F)F)c(C#CCNC(=O)c4cnn(C5COC5)c4)nn23)[C@@H](F)C1. The molecule has 5 rings (SSSR count). The molecule has 0 saturated carbocycles. The maximum absolute atomic E-state index is 14.6. The van der Waals surface area contributed by atoms with Crippen LogP contribution in [0.15, 0.2) is 30.6 Å². The molecule has 2 N–H and O–H groups in total. The number of rotatable bonds is 6. The fourth-order valence-corrected chi connectivity index (χ4v) is 4.50. The molecule has 2 aliphatic heterocycles. The summed E-state index contributed by atoms with van der Waals surface area (Å²) < 4.78 is 63.0. The average molecular weight is 534 g/mol. The van der Waals surface area contributed by atoms with E-state index in [1.165, 1.54) is 16.8 Å². The molecule has 2 fully saturated rings. The fourth-order valence-electron chi connectivity index (χ4n) is 4.50. The van der Waals surface area contributed by atoms with E-state index in [0.717, 1.165) is 0 Å². The molecule has 0 unspecified atom stereocenters. The standard InChI is InChI=1S/C25H27F4N7O2/c1-34-9-7-21(19(26)13-34)32-23-6-2-5-22-18(10-25(27,28)29)20(33-36(22)23)4-3-8-30-24(37)16-11-31-35(12-16)17-14-38-15-17/h2,5-6,11-12,17,19,21,32H,7-10,13-15H2,1H3,(H,30,37)/t19-,21+/m0/s1. The predicted octanol–water partition coefficient (Wildman–Crippen LogP) is 2.44. The second-order valence-electron chi connectivity index (χ2n) is 9.53. The van der Waals surface area contributed by atoms with Crippen molar-refractivity contribution in [2.75, 3.05) is 45.2 Å². The van der Waals surface area contributed by atoms with E-state index in [9.17, 15) is 22.4 Å². The highest BCUT2D eigenvalue weighted by Gasteiger charge is 2.32. The first kappa shape index (κ1) is 26.0.